The van der Waals surface area contributed by atoms with Gasteiger partial charge in [0.05, 0.1) is 6.42 Å². The summed E-state index contributed by atoms with van der Waals surface area (Å²) >= 11 is 0. The molecule has 5 rings (SSSR count). The monoisotopic (exact) mass is 447 g/mol. The van der Waals surface area contributed by atoms with Crippen molar-refractivity contribution in [3.63, 3.8) is 0 Å². The van der Waals surface area contributed by atoms with E-state index in [-0.39, 0.29) is 36.5 Å². The van der Waals surface area contributed by atoms with Crippen molar-refractivity contribution in [3.8, 4) is 0 Å². The van der Waals surface area contributed by atoms with Gasteiger partial charge >= 0.3 is 0 Å². The summed E-state index contributed by atoms with van der Waals surface area (Å²) in [5.41, 5.74) is 13.4. The maximum atomic E-state index is 13.4. The second-order valence-electron chi connectivity index (χ2n) is 9.23. The Labute approximate surface area is 182 Å². The molecule has 168 valence electrons. The van der Waals surface area contributed by atoms with E-state index in [4.69, 9.17) is 11.5 Å². The van der Waals surface area contributed by atoms with Crippen LogP contribution in [0.4, 0.5) is 5.69 Å². The topological polar surface area (TPSA) is 130 Å². The van der Waals surface area contributed by atoms with Crippen LogP contribution in [0.3, 0.4) is 0 Å². The average Bonchev–Trinajstić information content (AvgIpc) is 3.20. The number of amides is 2. The highest BCUT2D eigenvalue weighted by molar-refractivity contribution is 7.86. The van der Waals surface area contributed by atoms with Crippen LogP contribution in [-0.4, -0.2) is 66.1 Å². The Kier molecular flexibility index (Phi) is 5.08. The summed E-state index contributed by atoms with van der Waals surface area (Å²) in [5, 5.41) is 0. The number of hydrogen-bond donors (Lipinski definition) is 2. The van der Waals surface area contributed by atoms with E-state index in [1.807, 2.05) is 4.90 Å². The van der Waals surface area contributed by atoms with Crippen LogP contribution in [0.1, 0.15) is 54.4 Å². The molecule has 31 heavy (non-hydrogen) atoms. The molecule has 2 unspecified atom stereocenters. The molecular weight excluding hydrogens is 418 g/mol. The molecule has 2 amide bonds. The van der Waals surface area contributed by atoms with E-state index in [9.17, 15) is 18.0 Å². The standard InChI is InChI=1S/C21H29N5O4S/c22-15-5-7-24(8-6-15)31(29,30)26-16-2-3-17(26)12-18(11-16)25-19-4-1-13(21(23)28)9-14(19)10-20(25)27/h1,4,9,15-18H,2-3,5-8,10-12,22H2,(H2,23,28). The molecule has 3 saturated heterocycles. The van der Waals surface area contributed by atoms with Crippen LogP contribution < -0.4 is 16.4 Å². The van der Waals surface area contributed by atoms with E-state index in [0.717, 1.165) is 24.1 Å². The van der Waals surface area contributed by atoms with Crippen molar-refractivity contribution in [1.29, 1.82) is 0 Å². The number of benzene rings is 1. The number of rotatable bonds is 4. The van der Waals surface area contributed by atoms with Gasteiger partial charge in [0, 0.05) is 48.5 Å². The fourth-order valence-electron chi connectivity index (χ4n) is 5.83. The average molecular weight is 448 g/mol. The van der Waals surface area contributed by atoms with E-state index in [1.165, 1.54) is 0 Å². The predicted molar refractivity (Wildman–Crippen MR) is 116 cm³/mol. The van der Waals surface area contributed by atoms with E-state index in [1.54, 1.807) is 26.8 Å². The van der Waals surface area contributed by atoms with Gasteiger partial charge in [0.15, 0.2) is 0 Å². The Balaban J connectivity index is 1.36. The summed E-state index contributed by atoms with van der Waals surface area (Å²) in [4.78, 5) is 26.2. The third-order valence-electron chi connectivity index (χ3n) is 7.33. The number of nitrogens with zero attached hydrogens (tertiary/aromatic N) is 3. The van der Waals surface area contributed by atoms with Gasteiger partial charge in [-0.25, -0.2) is 0 Å². The maximum absolute atomic E-state index is 13.4. The third kappa shape index (κ3) is 3.45. The number of carbonyl (C=O) groups is 2. The third-order valence-corrected chi connectivity index (χ3v) is 9.48. The van der Waals surface area contributed by atoms with Crippen LogP contribution in [0.15, 0.2) is 18.2 Å². The largest absolute Gasteiger partial charge is 0.366 e. The summed E-state index contributed by atoms with van der Waals surface area (Å²) < 4.78 is 30.1. The lowest BCUT2D eigenvalue weighted by Gasteiger charge is -2.43. The number of piperidine rings is 2. The summed E-state index contributed by atoms with van der Waals surface area (Å²) in [5.74, 6) is -0.508. The maximum Gasteiger partial charge on any atom is 0.282 e. The fraction of sp³-hybridized carbons (Fsp3) is 0.619. The normalized spacial score (nSPS) is 30.0. The zero-order chi connectivity index (χ0) is 21.9. The van der Waals surface area contributed by atoms with Gasteiger partial charge in [0.25, 0.3) is 10.2 Å². The van der Waals surface area contributed by atoms with Crippen molar-refractivity contribution in [2.75, 3.05) is 18.0 Å². The minimum atomic E-state index is -3.52. The summed E-state index contributed by atoms with van der Waals surface area (Å²) in [6.07, 6.45) is 4.54. The zero-order valence-electron chi connectivity index (χ0n) is 17.4. The van der Waals surface area contributed by atoms with Crippen molar-refractivity contribution >= 4 is 27.7 Å². The van der Waals surface area contributed by atoms with Crippen LogP contribution in [0.2, 0.25) is 0 Å². The number of nitrogens with two attached hydrogens (primary N) is 2. The Bertz CT molecular complexity index is 1010. The van der Waals surface area contributed by atoms with Crippen LogP contribution in [0, 0.1) is 0 Å². The van der Waals surface area contributed by atoms with Gasteiger partial charge < -0.3 is 16.4 Å². The molecule has 4 heterocycles. The van der Waals surface area contributed by atoms with E-state index in [0.29, 0.717) is 44.3 Å². The fourth-order valence-corrected chi connectivity index (χ4v) is 7.91. The number of hydrogen-bond acceptors (Lipinski definition) is 5. The molecule has 4 N–H and O–H groups in total. The molecule has 4 aliphatic rings. The first-order valence-corrected chi connectivity index (χ1v) is 12.4. The van der Waals surface area contributed by atoms with E-state index < -0.39 is 16.1 Å². The van der Waals surface area contributed by atoms with Gasteiger partial charge in [0.2, 0.25) is 11.8 Å². The molecule has 2 bridgehead atoms. The molecule has 0 saturated carbocycles. The first-order valence-electron chi connectivity index (χ1n) is 11.0. The van der Waals surface area contributed by atoms with Crippen LogP contribution in [0.25, 0.3) is 0 Å². The number of carbonyl (C=O) groups excluding carboxylic acids is 2. The van der Waals surface area contributed by atoms with Crippen molar-refractivity contribution in [3.05, 3.63) is 29.3 Å². The second-order valence-corrected chi connectivity index (χ2v) is 11.1. The van der Waals surface area contributed by atoms with Gasteiger partial charge in [-0.15, -0.1) is 0 Å². The molecule has 1 aromatic carbocycles. The van der Waals surface area contributed by atoms with Gasteiger partial charge in [-0.1, -0.05) is 0 Å². The van der Waals surface area contributed by atoms with Crippen molar-refractivity contribution in [1.82, 2.24) is 8.61 Å². The second kappa shape index (κ2) is 7.54. The molecule has 4 aliphatic heterocycles. The molecule has 0 spiro atoms. The van der Waals surface area contributed by atoms with Gasteiger partial charge in [-0.3, -0.25) is 9.59 Å². The zero-order valence-corrected chi connectivity index (χ0v) is 18.3. The molecule has 1 aromatic rings. The highest BCUT2D eigenvalue weighted by Gasteiger charge is 2.51. The summed E-state index contributed by atoms with van der Waals surface area (Å²) in [6.45, 7) is 0.950. The molecule has 3 fully saturated rings. The Morgan fingerprint density at radius 2 is 1.65 bits per heavy atom. The quantitative estimate of drug-likeness (QED) is 0.687. The van der Waals surface area contributed by atoms with Crippen LogP contribution >= 0.6 is 0 Å². The highest BCUT2D eigenvalue weighted by Crippen LogP contribution is 2.43. The Hall–Kier alpha value is -2.01. The van der Waals surface area contributed by atoms with Gasteiger partial charge in [-0.2, -0.15) is 17.0 Å². The highest BCUT2D eigenvalue weighted by atomic mass is 32.2. The van der Waals surface area contributed by atoms with Crippen molar-refractivity contribution in [2.24, 2.45) is 11.5 Å². The number of fused-ring (bicyclic) bond motifs is 3. The first kappa shape index (κ1) is 20.9. The lowest BCUT2D eigenvalue weighted by molar-refractivity contribution is -0.118. The molecule has 10 heteroatoms. The molecule has 0 radical (unpaired) electrons. The SMILES string of the molecule is NC(=O)c1ccc2c(c1)CC(=O)N2C1CC2CCC(C1)N2S(=O)(=O)N1CCC(N)CC1. The lowest BCUT2D eigenvalue weighted by Crippen LogP contribution is -2.57. The summed E-state index contributed by atoms with van der Waals surface area (Å²) in [7, 11) is -3.52. The van der Waals surface area contributed by atoms with Gasteiger partial charge in [0.1, 0.15) is 0 Å². The van der Waals surface area contributed by atoms with E-state index in [2.05, 4.69) is 0 Å². The lowest BCUT2D eigenvalue weighted by atomic mass is 9.98. The predicted octanol–water partition coefficient (Wildman–Crippen LogP) is 0.338. The molecule has 2 atom stereocenters. The van der Waals surface area contributed by atoms with Crippen molar-refractivity contribution < 1.29 is 18.0 Å². The first-order chi connectivity index (χ1) is 14.8. The van der Waals surface area contributed by atoms with Crippen LogP contribution in [-0.2, 0) is 21.4 Å². The number of primary amides is 1. The Morgan fingerprint density at radius 1 is 1.00 bits per heavy atom. The molecular formula is C21H29N5O4S. The van der Waals surface area contributed by atoms with Crippen LogP contribution in [0.5, 0.6) is 0 Å². The minimum Gasteiger partial charge on any atom is -0.366 e. The summed E-state index contributed by atoms with van der Waals surface area (Å²) in [6, 6.07) is 5.00. The van der Waals surface area contributed by atoms with E-state index >= 15 is 0 Å². The molecule has 9 nitrogen and oxygen atoms in total. The molecule has 0 aliphatic carbocycles. The van der Waals surface area contributed by atoms with Gasteiger partial charge in [-0.05, 0) is 62.3 Å². The Morgan fingerprint density at radius 3 is 2.26 bits per heavy atom. The molecule has 0 aromatic heterocycles. The smallest absolute Gasteiger partial charge is 0.282 e. The minimum absolute atomic E-state index is 0.00217. The van der Waals surface area contributed by atoms with Crippen molar-refractivity contribution in [2.45, 2.75) is 69.1 Å². The number of anilines is 1.